The molecule has 20 heavy (non-hydrogen) atoms. The molecule has 0 unspecified atom stereocenters. The Labute approximate surface area is 121 Å². The molecule has 0 spiro atoms. The van der Waals surface area contributed by atoms with Crippen LogP contribution in [0.25, 0.3) is 0 Å². The minimum atomic E-state index is -0.702. The molecule has 0 atom stereocenters. The molecule has 0 fully saturated rings. The molecule has 1 aromatic carbocycles. The van der Waals surface area contributed by atoms with Crippen LogP contribution in [-0.4, -0.2) is 22.0 Å². The lowest BCUT2D eigenvalue weighted by atomic mass is 10.1. The van der Waals surface area contributed by atoms with Gasteiger partial charge in [0, 0.05) is 10.9 Å². The molecule has 106 valence electrons. The Bertz CT molecular complexity index is 576. The normalized spacial score (nSPS) is 10.8. The number of amides is 1. The average molecular weight is 293 g/mol. The second kappa shape index (κ2) is 6.05. The van der Waals surface area contributed by atoms with Gasteiger partial charge < -0.3 is 10.0 Å². The molecule has 1 amide bonds. The number of hydrogen-bond donors (Lipinski definition) is 1. The van der Waals surface area contributed by atoms with Gasteiger partial charge in [0.2, 0.25) is 0 Å². The van der Waals surface area contributed by atoms with Gasteiger partial charge in [-0.25, -0.2) is 4.39 Å². The minimum absolute atomic E-state index is 0.0939. The van der Waals surface area contributed by atoms with E-state index in [4.69, 9.17) is 0 Å². The smallest absolute Gasteiger partial charge is 0.261 e. The predicted octanol–water partition coefficient (Wildman–Crippen LogP) is 3.64. The maximum atomic E-state index is 13.8. The molecule has 5 heteroatoms. The first-order valence-corrected chi connectivity index (χ1v) is 7.19. The first-order valence-electron chi connectivity index (χ1n) is 6.31. The minimum Gasteiger partial charge on any atom is -0.507 e. The van der Waals surface area contributed by atoms with Crippen LogP contribution < -0.4 is 0 Å². The fourth-order valence-corrected chi connectivity index (χ4v) is 2.63. The summed E-state index contributed by atoms with van der Waals surface area (Å²) in [6.07, 6.45) is 0. The largest absolute Gasteiger partial charge is 0.507 e. The molecule has 2 aromatic rings. The average Bonchev–Trinajstić information content (AvgIpc) is 2.88. The first-order chi connectivity index (χ1) is 9.50. The third-order valence-corrected chi connectivity index (χ3v) is 3.86. The van der Waals surface area contributed by atoms with Crippen LogP contribution in [-0.2, 0) is 6.54 Å². The van der Waals surface area contributed by atoms with E-state index in [1.165, 1.54) is 29.5 Å². The van der Waals surface area contributed by atoms with E-state index in [1.807, 2.05) is 31.4 Å². The molecular formula is C15H16FNO2S. The van der Waals surface area contributed by atoms with E-state index in [2.05, 4.69) is 0 Å². The Morgan fingerprint density at radius 1 is 1.35 bits per heavy atom. The number of benzene rings is 1. The molecule has 0 aliphatic carbocycles. The van der Waals surface area contributed by atoms with Crippen LogP contribution in [0.5, 0.6) is 5.75 Å². The van der Waals surface area contributed by atoms with Gasteiger partial charge >= 0.3 is 0 Å². The van der Waals surface area contributed by atoms with E-state index in [-0.39, 0.29) is 17.4 Å². The number of halogens is 1. The Balaban J connectivity index is 2.32. The van der Waals surface area contributed by atoms with E-state index < -0.39 is 11.7 Å². The van der Waals surface area contributed by atoms with Crippen molar-refractivity contribution in [2.75, 3.05) is 0 Å². The van der Waals surface area contributed by atoms with E-state index in [0.29, 0.717) is 6.54 Å². The van der Waals surface area contributed by atoms with E-state index in [9.17, 15) is 14.3 Å². The number of carbonyl (C=O) groups excluding carboxylic acids is 1. The number of phenolic OH excluding ortho intramolecular Hbond substituents is 1. The monoisotopic (exact) mass is 293 g/mol. The number of rotatable bonds is 4. The maximum absolute atomic E-state index is 13.8. The molecule has 0 saturated carbocycles. The van der Waals surface area contributed by atoms with Crippen molar-refractivity contribution in [2.45, 2.75) is 26.4 Å². The lowest BCUT2D eigenvalue weighted by Crippen LogP contribution is -2.36. The summed E-state index contributed by atoms with van der Waals surface area (Å²) in [5.41, 5.74) is -0.266. The highest BCUT2D eigenvalue weighted by Gasteiger charge is 2.25. The molecule has 2 rings (SSSR count). The highest BCUT2D eigenvalue weighted by molar-refractivity contribution is 7.09. The van der Waals surface area contributed by atoms with Gasteiger partial charge in [0.1, 0.15) is 17.1 Å². The number of aromatic hydroxyl groups is 1. The van der Waals surface area contributed by atoms with Crippen LogP contribution in [0.2, 0.25) is 0 Å². The number of hydrogen-bond acceptors (Lipinski definition) is 3. The van der Waals surface area contributed by atoms with Crippen LogP contribution in [0.1, 0.15) is 29.1 Å². The second-order valence-electron chi connectivity index (χ2n) is 4.74. The molecule has 0 bridgehead atoms. The summed E-state index contributed by atoms with van der Waals surface area (Å²) in [4.78, 5) is 15.0. The Kier molecular flexibility index (Phi) is 4.39. The highest BCUT2D eigenvalue weighted by Crippen LogP contribution is 2.24. The molecule has 0 aliphatic heterocycles. The summed E-state index contributed by atoms with van der Waals surface area (Å²) in [5, 5.41) is 11.7. The Hall–Kier alpha value is -1.88. The van der Waals surface area contributed by atoms with Crippen LogP contribution in [0.4, 0.5) is 4.39 Å². The fourth-order valence-electron chi connectivity index (χ4n) is 1.93. The van der Waals surface area contributed by atoms with Crippen molar-refractivity contribution in [3.05, 3.63) is 52.0 Å². The van der Waals surface area contributed by atoms with E-state index >= 15 is 0 Å². The summed E-state index contributed by atoms with van der Waals surface area (Å²) >= 11 is 1.54. The van der Waals surface area contributed by atoms with Crippen LogP contribution in [0, 0.1) is 5.82 Å². The van der Waals surface area contributed by atoms with Gasteiger partial charge in [-0.15, -0.1) is 11.3 Å². The van der Waals surface area contributed by atoms with Crippen molar-refractivity contribution in [1.29, 1.82) is 0 Å². The van der Waals surface area contributed by atoms with E-state index in [1.54, 1.807) is 4.90 Å². The fraction of sp³-hybridized carbons (Fsp3) is 0.267. The molecular weight excluding hydrogens is 277 g/mol. The molecule has 0 saturated heterocycles. The summed E-state index contributed by atoms with van der Waals surface area (Å²) < 4.78 is 13.8. The van der Waals surface area contributed by atoms with Crippen molar-refractivity contribution in [1.82, 2.24) is 4.90 Å². The van der Waals surface area contributed by atoms with Crippen molar-refractivity contribution >= 4 is 17.2 Å². The SMILES string of the molecule is CC(C)N(Cc1cccs1)C(=O)c1c(O)cccc1F. The van der Waals surface area contributed by atoms with E-state index in [0.717, 1.165) is 4.88 Å². The van der Waals surface area contributed by atoms with Gasteiger partial charge in [-0.3, -0.25) is 4.79 Å². The van der Waals surface area contributed by atoms with Gasteiger partial charge in [-0.2, -0.15) is 0 Å². The Morgan fingerprint density at radius 3 is 2.65 bits per heavy atom. The summed E-state index contributed by atoms with van der Waals surface area (Å²) in [5.74, 6) is -1.53. The molecule has 1 N–H and O–H groups in total. The highest BCUT2D eigenvalue weighted by atomic mass is 32.1. The molecule has 1 aromatic heterocycles. The predicted molar refractivity (Wildman–Crippen MR) is 77.4 cm³/mol. The van der Waals surface area contributed by atoms with Gasteiger partial charge in [-0.1, -0.05) is 12.1 Å². The topological polar surface area (TPSA) is 40.5 Å². The molecule has 1 heterocycles. The van der Waals surface area contributed by atoms with Crippen LogP contribution in [0.3, 0.4) is 0 Å². The summed E-state index contributed by atoms with van der Waals surface area (Å²) in [6.45, 7) is 4.13. The second-order valence-corrected chi connectivity index (χ2v) is 5.77. The third-order valence-electron chi connectivity index (χ3n) is 3.00. The summed E-state index contributed by atoms with van der Waals surface area (Å²) in [7, 11) is 0. The quantitative estimate of drug-likeness (QED) is 0.935. The molecule has 0 aliphatic rings. The number of carbonyl (C=O) groups is 1. The van der Waals surface area contributed by atoms with Crippen molar-refractivity contribution in [2.24, 2.45) is 0 Å². The van der Waals surface area contributed by atoms with Crippen LogP contribution in [0.15, 0.2) is 35.7 Å². The van der Waals surface area contributed by atoms with Gasteiger partial charge in [0.05, 0.1) is 6.54 Å². The Morgan fingerprint density at radius 2 is 2.10 bits per heavy atom. The van der Waals surface area contributed by atoms with Crippen molar-refractivity contribution in [3.8, 4) is 5.75 Å². The number of phenols is 1. The lowest BCUT2D eigenvalue weighted by Gasteiger charge is -2.26. The lowest BCUT2D eigenvalue weighted by molar-refractivity contribution is 0.0684. The zero-order valence-corrected chi connectivity index (χ0v) is 12.2. The molecule has 0 radical (unpaired) electrons. The first kappa shape index (κ1) is 14.5. The number of nitrogens with zero attached hydrogens (tertiary/aromatic N) is 1. The summed E-state index contributed by atoms with van der Waals surface area (Å²) in [6, 6.07) is 7.61. The van der Waals surface area contributed by atoms with Crippen LogP contribution >= 0.6 is 11.3 Å². The van der Waals surface area contributed by atoms with Crippen molar-refractivity contribution in [3.63, 3.8) is 0 Å². The zero-order chi connectivity index (χ0) is 14.7. The third kappa shape index (κ3) is 2.99. The molecule has 3 nitrogen and oxygen atoms in total. The number of thiophene rings is 1. The van der Waals surface area contributed by atoms with Gasteiger partial charge in [0.15, 0.2) is 0 Å². The zero-order valence-electron chi connectivity index (χ0n) is 11.3. The van der Waals surface area contributed by atoms with Gasteiger partial charge in [-0.05, 0) is 37.4 Å². The maximum Gasteiger partial charge on any atom is 0.261 e. The standard InChI is InChI=1S/C15H16FNO2S/c1-10(2)17(9-11-5-4-8-20-11)15(19)14-12(16)6-3-7-13(14)18/h3-8,10,18H,9H2,1-2H3. The van der Waals surface area contributed by atoms with Crippen molar-refractivity contribution < 1.29 is 14.3 Å². The van der Waals surface area contributed by atoms with Gasteiger partial charge in [0.25, 0.3) is 5.91 Å².